The minimum atomic E-state index is -0.323. The lowest BCUT2D eigenvalue weighted by Gasteiger charge is -2.28. The van der Waals surface area contributed by atoms with Crippen molar-refractivity contribution in [2.24, 2.45) is 10.5 Å². The average Bonchev–Trinajstić information content (AvgIpc) is 2.33. The predicted octanol–water partition coefficient (Wildman–Crippen LogP) is 3.21. The Morgan fingerprint density at radius 3 is 2.75 bits per heavy atom. The van der Waals surface area contributed by atoms with E-state index in [4.69, 9.17) is 11.6 Å². The molecule has 0 unspecified atom stereocenters. The van der Waals surface area contributed by atoms with Crippen LogP contribution in [0.2, 0.25) is 5.02 Å². The van der Waals surface area contributed by atoms with Crippen LogP contribution in [0, 0.1) is 5.41 Å². The van der Waals surface area contributed by atoms with Crippen molar-refractivity contribution >= 4 is 29.0 Å². The minimum Gasteiger partial charge on any atom is -0.299 e. The highest BCUT2D eigenvalue weighted by molar-refractivity contribution is 6.30. The number of carbonyl (C=O) groups excluding carboxylic acids is 2. The van der Waals surface area contributed by atoms with Crippen molar-refractivity contribution in [3.63, 3.8) is 0 Å². The Morgan fingerprint density at radius 1 is 1.35 bits per heavy atom. The molecule has 1 aromatic rings. The Labute approximate surface area is 123 Å². The molecule has 0 heterocycles. The zero-order valence-corrected chi connectivity index (χ0v) is 12.3. The SMILES string of the molecule is CC1(C)CC(=O)C/C(=N\NC(=O)c2cccc(Cl)c2)C1. The third-order valence-electron chi connectivity index (χ3n) is 3.16. The van der Waals surface area contributed by atoms with E-state index in [1.54, 1.807) is 24.3 Å². The van der Waals surface area contributed by atoms with Gasteiger partial charge in [0.2, 0.25) is 0 Å². The van der Waals surface area contributed by atoms with Crippen LogP contribution in [-0.2, 0) is 4.79 Å². The summed E-state index contributed by atoms with van der Waals surface area (Å²) < 4.78 is 0. The van der Waals surface area contributed by atoms with E-state index in [0.29, 0.717) is 29.8 Å². The van der Waals surface area contributed by atoms with Gasteiger partial charge >= 0.3 is 0 Å². The topological polar surface area (TPSA) is 58.5 Å². The zero-order chi connectivity index (χ0) is 14.8. The van der Waals surface area contributed by atoms with Crippen molar-refractivity contribution < 1.29 is 9.59 Å². The van der Waals surface area contributed by atoms with Gasteiger partial charge in [-0.2, -0.15) is 5.10 Å². The van der Waals surface area contributed by atoms with Crippen LogP contribution in [0.1, 0.15) is 43.5 Å². The molecule has 1 saturated carbocycles. The van der Waals surface area contributed by atoms with Crippen LogP contribution in [0.3, 0.4) is 0 Å². The van der Waals surface area contributed by atoms with Gasteiger partial charge in [-0.1, -0.05) is 31.5 Å². The monoisotopic (exact) mass is 292 g/mol. The van der Waals surface area contributed by atoms with E-state index < -0.39 is 0 Å². The van der Waals surface area contributed by atoms with E-state index in [-0.39, 0.29) is 17.1 Å². The number of nitrogens with zero attached hydrogens (tertiary/aromatic N) is 1. The minimum absolute atomic E-state index is 0.0883. The Morgan fingerprint density at radius 2 is 2.10 bits per heavy atom. The fourth-order valence-corrected chi connectivity index (χ4v) is 2.59. The molecule has 1 fully saturated rings. The first-order valence-electron chi connectivity index (χ1n) is 6.49. The number of hydrogen-bond acceptors (Lipinski definition) is 3. The summed E-state index contributed by atoms with van der Waals surface area (Å²) in [7, 11) is 0. The number of Topliss-reactive ketones (excluding diaryl/α,β-unsaturated/α-hetero) is 1. The molecule has 1 aromatic carbocycles. The smallest absolute Gasteiger partial charge is 0.271 e. The molecule has 4 nitrogen and oxygen atoms in total. The number of benzene rings is 1. The van der Waals surface area contributed by atoms with Gasteiger partial charge in [0.1, 0.15) is 5.78 Å². The molecular formula is C15H17ClN2O2. The lowest BCUT2D eigenvalue weighted by Crippen LogP contribution is -2.31. The van der Waals surface area contributed by atoms with Crippen LogP contribution in [0.5, 0.6) is 0 Å². The van der Waals surface area contributed by atoms with Crippen molar-refractivity contribution in [1.29, 1.82) is 0 Å². The molecule has 0 radical (unpaired) electrons. The van der Waals surface area contributed by atoms with Gasteiger partial charge in [0.25, 0.3) is 5.91 Å². The summed E-state index contributed by atoms with van der Waals surface area (Å²) >= 11 is 5.83. The first kappa shape index (κ1) is 14.7. The summed E-state index contributed by atoms with van der Waals surface area (Å²) in [5, 5.41) is 4.59. The van der Waals surface area contributed by atoms with Gasteiger partial charge in [0.05, 0.1) is 0 Å². The molecule has 0 spiro atoms. The van der Waals surface area contributed by atoms with E-state index in [0.717, 1.165) is 5.71 Å². The van der Waals surface area contributed by atoms with Crippen molar-refractivity contribution in [2.45, 2.75) is 33.1 Å². The average molecular weight is 293 g/mol. The summed E-state index contributed by atoms with van der Waals surface area (Å²) in [6, 6.07) is 6.65. The molecule has 2 rings (SSSR count). The first-order valence-corrected chi connectivity index (χ1v) is 6.87. The molecule has 0 aromatic heterocycles. The Hall–Kier alpha value is -1.68. The molecule has 1 aliphatic carbocycles. The number of amides is 1. The summed E-state index contributed by atoms with van der Waals surface area (Å²) in [6.07, 6.45) is 1.60. The third kappa shape index (κ3) is 3.90. The number of carbonyl (C=O) groups is 2. The van der Waals surface area contributed by atoms with Gasteiger partial charge < -0.3 is 0 Å². The van der Waals surface area contributed by atoms with E-state index in [1.165, 1.54) is 0 Å². The second kappa shape index (κ2) is 5.75. The quantitative estimate of drug-likeness (QED) is 0.851. The maximum Gasteiger partial charge on any atom is 0.271 e. The molecule has 5 heteroatoms. The van der Waals surface area contributed by atoms with Crippen LogP contribution >= 0.6 is 11.6 Å². The molecule has 0 atom stereocenters. The Balaban J connectivity index is 2.05. The number of nitrogens with one attached hydrogen (secondary N) is 1. The lowest BCUT2D eigenvalue weighted by atomic mass is 9.76. The highest BCUT2D eigenvalue weighted by Crippen LogP contribution is 2.31. The second-order valence-electron chi connectivity index (χ2n) is 5.86. The van der Waals surface area contributed by atoms with Crippen molar-refractivity contribution in [1.82, 2.24) is 5.43 Å². The standard InChI is InChI=1S/C15H17ClN2O2/c1-15(2)8-12(7-13(19)9-15)17-18-14(20)10-4-3-5-11(16)6-10/h3-6H,7-9H2,1-2H3,(H,18,20)/b17-12+. The second-order valence-corrected chi connectivity index (χ2v) is 6.30. The molecule has 20 heavy (non-hydrogen) atoms. The Bertz CT molecular complexity index is 579. The van der Waals surface area contributed by atoms with Crippen molar-refractivity contribution in [2.75, 3.05) is 0 Å². The van der Waals surface area contributed by atoms with Gasteiger partial charge in [-0.05, 0) is 30.0 Å². The summed E-state index contributed by atoms with van der Waals surface area (Å²) in [6.45, 7) is 4.05. The molecule has 0 aliphatic heterocycles. The van der Waals surface area contributed by atoms with Crippen LogP contribution in [0.15, 0.2) is 29.4 Å². The van der Waals surface area contributed by atoms with Gasteiger partial charge in [-0.3, -0.25) is 9.59 Å². The van der Waals surface area contributed by atoms with Crippen molar-refractivity contribution in [3.05, 3.63) is 34.9 Å². The zero-order valence-electron chi connectivity index (χ0n) is 11.6. The number of halogens is 1. The first-order chi connectivity index (χ1) is 9.35. The molecule has 1 aliphatic rings. The van der Waals surface area contributed by atoms with Gasteiger partial charge in [0, 0.05) is 29.1 Å². The molecule has 0 bridgehead atoms. The summed E-state index contributed by atoms with van der Waals surface area (Å²) in [5.74, 6) is -0.159. The van der Waals surface area contributed by atoms with Crippen LogP contribution in [-0.4, -0.2) is 17.4 Å². The van der Waals surface area contributed by atoms with E-state index in [2.05, 4.69) is 10.5 Å². The number of ketones is 1. The highest BCUT2D eigenvalue weighted by Gasteiger charge is 2.30. The normalized spacial score (nSPS) is 19.9. The maximum absolute atomic E-state index is 11.9. The lowest BCUT2D eigenvalue weighted by molar-refractivity contribution is -0.120. The predicted molar refractivity (Wildman–Crippen MR) is 79.0 cm³/mol. The molecular weight excluding hydrogens is 276 g/mol. The largest absolute Gasteiger partial charge is 0.299 e. The highest BCUT2D eigenvalue weighted by atomic mass is 35.5. The number of hydrogen-bond donors (Lipinski definition) is 1. The van der Waals surface area contributed by atoms with E-state index in [9.17, 15) is 9.59 Å². The molecule has 106 valence electrons. The van der Waals surface area contributed by atoms with Crippen LogP contribution in [0.4, 0.5) is 0 Å². The van der Waals surface area contributed by atoms with Gasteiger partial charge in [-0.15, -0.1) is 0 Å². The molecule has 0 saturated heterocycles. The summed E-state index contributed by atoms with van der Waals surface area (Å²) in [5.41, 5.74) is 3.58. The fourth-order valence-electron chi connectivity index (χ4n) is 2.40. The van der Waals surface area contributed by atoms with E-state index in [1.807, 2.05) is 13.8 Å². The van der Waals surface area contributed by atoms with E-state index >= 15 is 0 Å². The van der Waals surface area contributed by atoms with Gasteiger partial charge in [0.15, 0.2) is 0 Å². The molecule has 1 amide bonds. The van der Waals surface area contributed by atoms with Crippen LogP contribution in [0.25, 0.3) is 0 Å². The Kier molecular flexibility index (Phi) is 4.23. The summed E-state index contributed by atoms with van der Waals surface area (Å²) in [4.78, 5) is 23.6. The number of hydrazone groups is 1. The van der Waals surface area contributed by atoms with Crippen LogP contribution < -0.4 is 5.43 Å². The maximum atomic E-state index is 11.9. The number of rotatable bonds is 2. The third-order valence-corrected chi connectivity index (χ3v) is 3.40. The van der Waals surface area contributed by atoms with Gasteiger partial charge in [-0.25, -0.2) is 5.43 Å². The van der Waals surface area contributed by atoms with Crippen molar-refractivity contribution in [3.8, 4) is 0 Å². The molecule has 1 N–H and O–H groups in total. The fraction of sp³-hybridized carbons (Fsp3) is 0.400.